The highest BCUT2D eigenvalue weighted by atomic mass is 35.5. The average Bonchev–Trinajstić information content (AvgIpc) is 3.23. The van der Waals surface area contributed by atoms with E-state index in [0.29, 0.717) is 42.2 Å². The van der Waals surface area contributed by atoms with Crippen LogP contribution >= 0.6 is 11.6 Å². The number of imidazole rings is 1. The summed E-state index contributed by atoms with van der Waals surface area (Å²) in [6, 6.07) is 6.82. The fourth-order valence-electron chi connectivity index (χ4n) is 4.06. The van der Waals surface area contributed by atoms with Crippen molar-refractivity contribution in [3.63, 3.8) is 0 Å². The minimum Gasteiger partial charge on any atom is -0.393 e. The minimum atomic E-state index is -4.29. The Morgan fingerprint density at radius 3 is 2.47 bits per heavy atom. The first-order valence-corrected chi connectivity index (χ1v) is 11.4. The van der Waals surface area contributed by atoms with Gasteiger partial charge in [0.1, 0.15) is 0 Å². The van der Waals surface area contributed by atoms with Gasteiger partial charge < -0.3 is 14.6 Å². The summed E-state index contributed by atoms with van der Waals surface area (Å²) < 4.78 is 40.9. The highest BCUT2D eigenvalue weighted by molar-refractivity contribution is 6.30. The van der Waals surface area contributed by atoms with Crippen molar-refractivity contribution in [1.29, 1.82) is 0 Å². The third kappa shape index (κ3) is 5.61. The molecule has 1 saturated heterocycles. The number of aliphatic hydroxyl groups excluding tert-OH is 1. The lowest BCUT2D eigenvalue weighted by Crippen LogP contribution is -2.41. The zero-order chi connectivity index (χ0) is 24.5. The SMILES string of the molecule is O=C(Cc1cn(CCCC(F)(F)F)c2nc(-c3ccc(Cl)cc3)cn2c1=O)N1CCC(O)CC1. The molecule has 0 bridgehead atoms. The molecule has 0 unspecified atom stereocenters. The third-order valence-corrected chi connectivity index (χ3v) is 6.16. The third-order valence-electron chi connectivity index (χ3n) is 5.91. The summed E-state index contributed by atoms with van der Waals surface area (Å²) in [5.41, 5.74) is 0.890. The highest BCUT2D eigenvalue weighted by Crippen LogP contribution is 2.24. The summed E-state index contributed by atoms with van der Waals surface area (Å²) in [4.78, 5) is 32.0. The molecule has 1 fully saturated rings. The number of aryl methyl sites for hydroxylation is 1. The van der Waals surface area contributed by atoms with Crippen molar-refractivity contribution in [1.82, 2.24) is 18.9 Å². The van der Waals surface area contributed by atoms with Gasteiger partial charge >= 0.3 is 6.18 Å². The Morgan fingerprint density at radius 1 is 1.15 bits per heavy atom. The van der Waals surface area contributed by atoms with Crippen molar-refractivity contribution in [3.05, 3.63) is 57.6 Å². The summed E-state index contributed by atoms with van der Waals surface area (Å²) in [6.45, 7) is 0.777. The fraction of sp³-hybridized carbons (Fsp3) is 0.435. The van der Waals surface area contributed by atoms with Crippen molar-refractivity contribution in [3.8, 4) is 11.3 Å². The van der Waals surface area contributed by atoms with Gasteiger partial charge in [-0.2, -0.15) is 13.2 Å². The zero-order valence-electron chi connectivity index (χ0n) is 18.3. The molecular formula is C23H24ClF3N4O3. The maximum Gasteiger partial charge on any atom is 0.389 e. The summed E-state index contributed by atoms with van der Waals surface area (Å²) in [5.74, 6) is -0.0577. The summed E-state index contributed by atoms with van der Waals surface area (Å²) in [7, 11) is 0. The molecule has 0 spiro atoms. The topological polar surface area (TPSA) is 79.8 Å². The summed E-state index contributed by atoms with van der Waals surface area (Å²) in [6.07, 6.45) is -2.19. The second-order valence-electron chi connectivity index (χ2n) is 8.46. The molecule has 34 heavy (non-hydrogen) atoms. The molecular weight excluding hydrogens is 473 g/mol. The van der Waals surface area contributed by atoms with Crippen LogP contribution in [0.4, 0.5) is 13.2 Å². The Kier molecular flexibility index (Phi) is 6.99. The number of hydrogen-bond acceptors (Lipinski definition) is 4. The lowest BCUT2D eigenvalue weighted by Gasteiger charge is -2.29. The van der Waals surface area contributed by atoms with E-state index in [2.05, 4.69) is 4.98 Å². The van der Waals surface area contributed by atoms with E-state index in [0.717, 1.165) is 0 Å². The number of halogens is 4. The lowest BCUT2D eigenvalue weighted by molar-refractivity contribution is -0.136. The number of amides is 1. The van der Waals surface area contributed by atoms with Gasteiger partial charge in [0.25, 0.3) is 5.56 Å². The zero-order valence-corrected chi connectivity index (χ0v) is 19.0. The quantitative estimate of drug-likeness (QED) is 0.564. The van der Waals surface area contributed by atoms with Crippen LogP contribution in [0.25, 0.3) is 17.0 Å². The van der Waals surface area contributed by atoms with Gasteiger partial charge in [0, 0.05) is 54.6 Å². The molecule has 0 atom stereocenters. The number of benzene rings is 1. The molecule has 3 aromatic rings. The normalized spacial score (nSPS) is 15.3. The first kappa shape index (κ1) is 24.3. The van der Waals surface area contributed by atoms with E-state index < -0.39 is 24.3 Å². The maximum absolute atomic E-state index is 13.2. The van der Waals surface area contributed by atoms with Gasteiger partial charge in [-0.25, -0.2) is 4.98 Å². The number of nitrogens with zero attached hydrogens (tertiary/aromatic N) is 4. The van der Waals surface area contributed by atoms with E-state index in [4.69, 9.17) is 11.6 Å². The van der Waals surface area contributed by atoms with Gasteiger partial charge in [-0.05, 0) is 31.4 Å². The van der Waals surface area contributed by atoms with Crippen molar-refractivity contribution in [2.75, 3.05) is 13.1 Å². The van der Waals surface area contributed by atoms with Crippen molar-refractivity contribution in [2.45, 2.75) is 50.9 Å². The van der Waals surface area contributed by atoms with E-state index in [1.54, 1.807) is 29.2 Å². The Morgan fingerprint density at radius 2 is 1.82 bits per heavy atom. The predicted octanol–water partition coefficient (Wildman–Crippen LogP) is 3.68. The van der Waals surface area contributed by atoms with E-state index in [1.807, 2.05) is 0 Å². The van der Waals surface area contributed by atoms with E-state index in [1.165, 1.54) is 21.4 Å². The van der Waals surface area contributed by atoms with Crippen molar-refractivity contribution in [2.24, 2.45) is 0 Å². The van der Waals surface area contributed by atoms with Crippen LogP contribution in [0.5, 0.6) is 0 Å². The molecule has 0 saturated carbocycles. The molecule has 1 aliphatic rings. The number of hydrogen-bond donors (Lipinski definition) is 1. The standard InChI is InChI=1S/C23H24ClF3N4O3/c24-17-4-2-15(3-5-17)19-14-31-21(34)16(12-20(33)29-10-6-18(32)7-11-29)13-30(22(31)28-19)9-1-8-23(25,26)27/h2-5,13-14,18,32H,1,6-12H2. The predicted molar refractivity (Wildman–Crippen MR) is 121 cm³/mol. The molecule has 182 valence electrons. The molecule has 1 N–H and O–H groups in total. The van der Waals surface area contributed by atoms with Crippen LogP contribution in [0.3, 0.4) is 0 Å². The molecule has 11 heteroatoms. The number of alkyl halides is 3. The number of carbonyl (C=O) groups is 1. The molecule has 1 aromatic carbocycles. The monoisotopic (exact) mass is 496 g/mol. The van der Waals surface area contributed by atoms with Crippen LogP contribution in [0, 0.1) is 0 Å². The average molecular weight is 497 g/mol. The van der Waals surface area contributed by atoms with Crippen LogP contribution in [0.2, 0.25) is 5.02 Å². The maximum atomic E-state index is 13.2. The second-order valence-corrected chi connectivity index (χ2v) is 8.90. The van der Waals surface area contributed by atoms with Crippen LogP contribution < -0.4 is 5.56 Å². The molecule has 3 heterocycles. The number of likely N-dealkylation sites (tertiary alicyclic amines) is 1. The fourth-order valence-corrected chi connectivity index (χ4v) is 4.19. The molecule has 7 nitrogen and oxygen atoms in total. The number of fused-ring (bicyclic) bond motifs is 1. The van der Waals surface area contributed by atoms with Crippen LogP contribution in [-0.4, -0.2) is 55.2 Å². The molecule has 0 aliphatic carbocycles. The first-order valence-electron chi connectivity index (χ1n) is 11.0. The molecule has 0 radical (unpaired) electrons. The van der Waals surface area contributed by atoms with E-state index >= 15 is 0 Å². The highest BCUT2D eigenvalue weighted by Gasteiger charge is 2.27. The molecule has 2 aromatic heterocycles. The number of carbonyl (C=O) groups excluding carboxylic acids is 1. The number of piperidine rings is 1. The van der Waals surface area contributed by atoms with Crippen LogP contribution in [0.1, 0.15) is 31.2 Å². The van der Waals surface area contributed by atoms with Gasteiger partial charge in [-0.15, -0.1) is 0 Å². The van der Waals surface area contributed by atoms with Gasteiger partial charge in [-0.3, -0.25) is 14.0 Å². The second kappa shape index (κ2) is 9.79. The van der Waals surface area contributed by atoms with Crippen molar-refractivity contribution < 1.29 is 23.1 Å². The Labute approximate surface area is 198 Å². The van der Waals surface area contributed by atoms with Gasteiger partial charge in [-0.1, -0.05) is 23.7 Å². The number of rotatable bonds is 6. The van der Waals surface area contributed by atoms with E-state index in [-0.39, 0.29) is 36.6 Å². The van der Waals surface area contributed by atoms with Crippen LogP contribution in [0.15, 0.2) is 41.5 Å². The minimum absolute atomic E-state index is 0.0164. The first-order chi connectivity index (χ1) is 16.1. The molecule has 1 amide bonds. The number of aliphatic hydroxyl groups is 1. The van der Waals surface area contributed by atoms with Gasteiger partial charge in [0.05, 0.1) is 18.2 Å². The van der Waals surface area contributed by atoms with Gasteiger partial charge in [0.15, 0.2) is 0 Å². The van der Waals surface area contributed by atoms with Gasteiger partial charge in [0.2, 0.25) is 11.7 Å². The Bertz CT molecular complexity index is 1230. The molecule has 1 aliphatic heterocycles. The van der Waals surface area contributed by atoms with E-state index in [9.17, 15) is 27.9 Å². The summed E-state index contributed by atoms with van der Waals surface area (Å²) >= 11 is 5.94. The number of aromatic nitrogens is 3. The molecule has 4 rings (SSSR count). The Hall–Kier alpha value is -2.85. The largest absolute Gasteiger partial charge is 0.393 e. The van der Waals surface area contributed by atoms with Crippen molar-refractivity contribution >= 4 is 23.3 Å². The summed E-state index contributed by atoms with van der Waals surface area (Å²) in [5, 5.41) is 10.2. The Balaban J connectivity index is 1.68. The lowest BCUT2D eigenvalue weighted by atomic mass is 10.1. The smallest absolute Gasteiger partial charge is 0.389 e. The van der Waals surface area contributed by atoms with Crippen LogP contribution in [-0.2, 0) is 17.8 Å².